The number of nitrogens with zero attached hydrogens (tertiary/aromatic N) is 1. The van der Waals surface area contributed by atoms with Gasteiger partial charge in [-0.1, -0.05) is 12.1 Å². The minimum Gasteiger partial charge on any atom is -0.463 e. The third-order valence-electron chi connectivity index (χ3n) is 3.30. The van der Waals surface area contributed by atoms with Crippen molar-refractivity contribution in [2.45, 2.75) is 19.4 Å². The molecule has 0 saturated carbocycles. The van der Waals surface area contributed by atoms with Gasteiger partial charge in [0.1, 0.15) is 12.4 Å². The number of methoxy groups -OCH3 is 1. The topological polar surface area (TPSA) is 78.6 Å². The summed E-state index contributed by atoms with van der Waals surface area (Å²) in [4.78, 5) is 27.6. The van der Waals surface area contributed by atoms with Crippen LogP contribution >= 0.6 is 11.3 Å². The van der Waals surface area contributed by atoms with Gasteiger partial charge in [0.05, 0.1) is 28.8 Å². The Morgan fingerprint density at radius 2 is 2.04 bits per heavy atom. The monoisotopic (exact) mass is 345 g/mol. The Kier molecular flexibility index (Phi) is 4.90. The molecule has 7 heteroatoms. The molecule has 0 aliphatic carbocycles. The summed E-state index contributed by atoms with van der Waals surface area (Å²) >= 11 is 1.57. The van der Waals surface area contributed by atoms with E-state index in [4.69, 9.17) is 9.15 Å². The van der Waals surface area contributed by atoms with E-state index in [2.05, 4.69) is 9.72 Å². The lowest BCUT2D eigenvalue weighted by atomic mass is 10.3. The number of esters is 2. The molecule has 1 aromatic carbocycles. The van der Waals surface area contributed by atoms with Gasteiger partial charge in [0, 0.05) is 6.42 Å². The standard InChI is InChI=1S/C17H15NO5S/c1-21-17(20)13-7-6-11(23-13)10-22-16(19)9-8-15-18-12-4-2-3-5-14(12)24-15/h2-7H,8-10H2,1H3. The highest BCUT2D eigenvalue weighted by Gasteiger charge is 2.13. The number of furan rings is 1. The first-order chi connectivity index (χ1) is 11.7. The summed E-state index contributed by atoms with van der Waals surface area (Å²) in [5.74, 6) is -0.435. The van der Waals surface area contributed by atoms with Crippen LogP contribution in [0.2, 0.25) is 0 Å². The van der Waals surface area contributed by atoms with Crippen LogP contribution in [0.25, 0.3) is 10.2 Å². The van der Waals surface area contributed by atoms with Gasteiger partial charge in [0.25, 0.3) is 0 Å². The Labute approximate surface area is 142 Å². The summed E-state index contributed by atoms with van der Waals surface area (Å²) in [6, 6.07) is 10.9. The van der Waals surface area contributed by atoms with Crippen molar-refractivity contribution in [2.24, 2.45) is 0 Å². The molecule has 124 valence electrons. The highest BCUT2D eigenvalue weighted by Crippen LogP contribution is 2.22. The van der Waals surface area contributed by atoms with Crippen LogP contribution in [0.5, 0.6) is 0 Å². The second-order valence-corrected chi connectivity index (χ2v) is 6.11. The number of aryl methyl sites for hydroxylation is 1. The Bertz CT molecular complexity index is 834. The van der Waals surface area contributed by atoms with Crippen LogP contribution in [0.1, 0.15) is 27.7 Å². The highest BCUT2D eigenvalue weighted by molar-refractivity contribution is 7.18. The van der Waals surface area contributed by atoms with E-state index in [9.17, 15) is 9.59 Å². The Morgan fingerprint density at radius 1 is 1.21 bits per heavy atom. The minimum atomic E-state index is -0.566. The van der Waals surface area contributed by atoms with Crippen LogP contribution < -0.4 is 0 Å². The van der Waals surface area contributed by atoms with Crippen LogP contribution in [-0.4, -0.2) is 24.0 Å². The molecule has 0 radical (unpaired) electrons. The van der Waals surface area contributed by atoms with Crippen LogP contribution in [0.3, 0.4) is 0 Å². The summed E-state index contributed by atoms with van der Waals surface area (Å²) in [7, 11) is 1.27. The quantitative estimate of drug-likeness (QED) is 0.638. The van der Waals surface area contributed by atoms with Crippen LogP contribution in [-0.2, 0) is 27.3 Å². The number of rotatable bonds is 6. The number of hydrogen-bond acceptors (Lipinski definition) is 7. The Hall–Kier alpha value is -2.67. The van der Waals surface area contributed by atoms with Crippen molar-refractivity contribution >= 4 is 33.5 Å². The van der Waals surface area contributed by atoms with E-state index < -0.39 is 5.97 Å². The average molecular weight is 345 g/mol. The number of fused-ring (bicyclic) bond motifs is 1. The molecule has 0 aliphatic heterocycles. The Morgan fingerprint density at radius 3 is 2.83 bits per heavy atom. The molecule has 0 N–H and O–H groups in total. The maximum atomic E-state index is 11.8. The second-order valence-electron chi connectivity index (χ2n) is 4.99. The molecule has 3 aromatic rings. The number of ether oxygens (including phenoxy) is 2. The summed E-state index contributed by atoms with van der Waals surface area (Å²) in [5, 5.41) is 0.902. The normalized spacial score (nSPS) is 10.7. The van der Waals surface area contributed by atoms with E-state index in [1.165, 1.54) is 13.2 Å². The van der Waals surface area contributed by atoms with Crippen molar-refractivity contribution in [3.05, 3.63) is 52.9 Å². The van der Waals surface area contributed by atoms with Gasteiger partial charge in [0.2, 0.25) is 5.76 Å². The number of thiazole rings is 1. The van der Waals surface area contributed by atoms with Crippen molar-refractivity contribution in [1.82, 2.24) is 4.98 Å². The van der Waals surface area contributed by atoms with Gasteiger partial charge in [-0.25, -0.2) is 9.78 Å². The molecular weight excluding hydrogens is 330 g/mol. The SMILES string of the molecule is COC(=O)c1ccc(COC(=O)CCc2nc3ccccc3s2)o1. The number of carbonyl (C=O) groups excluding carboxylic acids is 2. The lowest BCUT2D eigenvalue weighted by Crippen LogP contribution is -2.05. The lowest BCUT2D eigenvalue weighted by Gasteiger charge is -2.01. The average Bonchev–Trinajstić information content (AvgIpc) is 3.23. The fourth-order valence-electron chi connectivity index (χ4n) is 2.13. The van der Waals surface area contributed by atoms with Gasteiger partial charge in [-0.05, 0) is 24.3 Å². The van der Waals surface area contributed by atoms with E-state index >= 15 is 0 Å². The van der Waals surface area contributed by atoms with Crippen molar-refractivity contribution in [3.8, 4) is 0 Å². The molecule has 0 saturated heterocycles. The van der Waals surface area contributed by atoms with Crippen molar-refractivity contribution < 1.29 is 23.5 Å². The van der Waals surface area contributed by atoms with E-state index in [-0.39, 0.29) is 24.8 Å². The molecular formula is C17H15NO5S. The zero-order valence-corrected chi connectivity index (χ0v) is 13.8. The molecule has 0 amide bonds. The number of benzene rings is 1. The molecule has 0 atom stereocenters. The molecule has 24 heavy (non-hydrogen) atoms. The predicted molar refractivity (Wildman–Crippen MR) is 87.8 cm³/mol. The Balaban J connectivity index is 1.49. The maximum absolute atomic E-state index is 11.8. The second kappa shape index (κ2) is 7.27. The number of para-hydroxylation sites is 1. The van der Waals surface area contributed by atoms with Crippen LogP contribution in [0.15, 0.2) is 40.8 Å². The summed E-state index contributed by atoms with van der Waals surface area (Å²) in [6.07, 6.45) is 0.772. The fourth-order valence-corrected chi connectivity index (χ4v) is 3.09. The smallest absolute Gasteiger partial charge is 0.373 e. The molecule has 6 nitrogen and oxygen atoms in total. The number of hydrogen-bond donors (Lipinski definition) is 0. The van der Waals surface area contributed by atoms with Crippen molar-refractivity contribution in [2.75, 3.05) is 7.11 Å². The molecule has 0 bridgehead atoms. The maximum Gasteiger partial charge on any atom is 0.373 e. The molecule has 2 aromatic heterocycles. The van der Waals surface area contributed by atoms with Crippen LogP contribution in [0.4, 0.5) is 0 Å². The number of aromatic nitrogens is 1. The zero-order valence-electron chi connectivity index (χ0n) is 13.0. The fraction of sp³-hybridized carbons (Fsp3) is 0.235. The van der Waals surface area contributed by atoms with Gasteiger partial charge in [-0.15, -0.1) is 11.3 Å². The van der Waals surface area contributed by atoms with Gasteiger partial charge < -0.3 is 13.9 Å². The van der Waals surface area contributed by atoms with Gasteiger partial charge >= 0.3 is 11.9 Å². The van der Waals surface area contributed by atoms with Gasteiger partial charge in [-0.3, -0.25) is 4.79 Å². The first kappa shape index (κ1) is 16.2. The van der Waals surface area contributed by atoms with Gasteiger partial charge in [0.15, 0.2) is 0 Å². The lowest BCUT2D eigenvalue weighted by molar-refractivity contribution is -0.145. The molecule has 0 fully saturated rings. The minimum absolute atomic E-state index is 0.0182. The third kappa shape index (κ3) is 3.80. The highest BCUT2D eigenvalue weighted by atomic mass is 32.1. The molecule has 0 spiro atoms. The molecule has 0 unspecified atom stereocenters. The summed E-state index contributed by atoms with van der Waals surface area (Å²) in [6.45, 7) is -0.0182. The van der Waals surface area contributed by atoms with Crippen LogP contribution in [0, 0.1) is 0 Å². The van der Waals surface area contributed by atoms with Gasteiger partial charge in [-0.2, -0.15) is 0 Å². The zero-order chi connectivity index (χ0) is 16.9. The van der Waals surface area contributed by atoms with Crippen molar-refractivity contribution in [1.29, 1.82) is 0 Å². The van der Waals surface area contributed by atoms with E-state index in [0.717, 1.165) is 15.2 Å². The first-order valence-electron chi connectivity index (χ1n) is 7.33. The first-order valence-corrected chi connectivity index (χ1v) is 8.14. The van der Waals surface area contributed by atoms with E-state index in [0.29, 0.717) is 12.2 Å². The number of carbonyl (C=O) groups is 2. The third-order valence-corrected chi connectivity index (χ3v) is 4.40. The van der Waals surface area contributed by atoms with Crippen molar-refractivity contribution in [3.63, 3.8) is 0 Å². The molecule has 3 rings (SSSR count). The predicted octanol–water partition coefficient (Wildman–Crippen LogP) is 3.35. The molecule has 0 aliphatic rings. The largest absolute Gasteiger partial charge is 0.463 e. The molecule has 2 heterocycles. The van der Waals surface area contributed by atoms with E-state index in [1.54, 1.807) is 17.4 Å². The summed E-state index contributed by atoms with van der Waals surface area (Å²) in [5.41, 5.74) is 0.941. The van der Waals surface area contributed by atoms with E-state index in [1.807, 2.05) is 24.3 Å². The summed E-state index contributed by atoms with van der Waals surface area (Å²) < 4.78 is 16.0.